The monoisotopic (exact) mass is 343 g/mol. The molecule has 3 nitrogen and oxygen atoms in total. The molecule has 0 unspecified atom stereocenters. The Balaban J connectivity index is 0. The van der Waals surface area contributed by atoms with E-state index in [9.17, 15) is 0 Å². The predicted octanol–water partition coefficient (Wildman–Crippen LogP) is 2.23. The van der Waals surface area contributed by atoms with E-state index >= 15 is 0 Å². The molecule has 0 saturated carbocycles. The van der Waals surface area contributed by atoms with Crippen molar-refractivity contribution in [2.75, 3.05) is 19.3 Å². The van der Waals surface area contributed by atoms with Crippen LogP contribution in [0.3, 0.4) is 0 Å². The van der Waals surface area contributed by atoms with Gasteiger partial charge in [0.05, 0.1) is 6.54 Å². The lowest BCUT2D eigenvalue weighted by Gasteiger charge is -2.19. The molecule has 0 radical (unpaired) electrons. The second-order valence-electron chi connectivity index (χ2n) is 3.98. The fraction of sp³-hybridized carbons (Fsp3) is 0.700. The first-order chi connectivity index (χ1) is 6.37. The van der Waals surface area contributed by atoms with E-state index in [2.05, 4.69) is 37.0 Å². The van der Waals surface area contributed by atoms with Crippen LogP contribution < -0.4 is 11.1 Å². The van der Waals surface area contributed by atoms with Crippen molar-refractivity contribution in [2.45, 2.75) is 25.5 Å². The number of aliphatic imine (C=N–C) groups is 1. The Hall–Kier alpha value is 0.0900. The highest BCUT2D eigenvalue weighted by Crippen LogP contribution is 2.20. The van der Waals surface area contributed by atoms with E-state index in [4.69, 9.17) is 5.73 Å². The summed E-state index contributed by atoms with van der Waals surface area (Å²) in [4.78, 5) is 4.26. The van der Waals surface area contributed by atoms with E-state index in [-0.39, 0.29) is 28.7 Å². The maximum Gasteiger partial charge on any atom is 0.188 e. The van der Waals surface area contributed by atoms with Crippen molar-refractivity contribution >= 4 is 41.7 Å². The average molecular weight is 343 g/mol. The van der Waals surface area contributed by atoms with Gasteiger partial charge in [-0.05, 0) is 27.0 Å². The van der Waals surface area contributed by atoms with Gasteiger partial charge in [-0.25, -0.2) is 0 Å². The molecular formula is C10H22IN3S. The highest BCUT2D eigenvalue weighted by atomic mass is 127. The summed E-state index contributed by atoms with van der Waals surface area (Å²) in [5.74, 6) is 0.495. The van der Waals surface area contributed by atoms with Crippen LogP contribution in [0.5, 0.6) is 0 Å². The largest absolute Gasteiger partial charge is 0.370 e. The van der Waals surface area contributed by atoms with Crippen LogP contribution >= 0.6 is 35.7 Å². The van der Waals surface area contributed by atoms with Crippen LogP contribution in [-0.2, 0) is 0 Å². The zero-order valence-electron chi connectivity index (χ0n) is 9.96. The lowest BCUT2D eigenvalue weighted by molar-refractivity contribution is 0.721. The van der Waals surface area contributed by atoms with E-state index in [0.29, 0.717) is 12.5 Å². The molecule has 0 aromatic heterocycles. The minimum absolute atomic E-state index is 0. The van der Waals surface area contributed by atoms with Crippen LogP contribution in [0.4, 0.5) is 0 Å². The number of hydrogen-bond acceptors (Lipinski definition) is 2. The molecule has 0 aliphatic carbocycles. The first-order valence-electron chi connectivity index (χ1n) is 4.61. The van der Waals surface area contributed by atoms with Crippen LogP contribution in [0.1, 0.15) is 20.8 Å². The SMILES string of the molecule is C=C(C)CNC(N)=NCC(C)(C)SC.I. The van der Waals surface area contributed by atoms with Gasteiger partial charge >= 0.3 is 0 Å². The zero-order valence-corrected chi connectivity index (χ0v) is 13.1. The summed E-state index contributed by atoms with van der Waals surface area (Å²) in [6.45, 7) is 11.4. The van der Waals surface area contributed by atoms with Crippen LogP contribution in [0.25, 0.3) is 0 Å². The molecular weight excluding hydrogens is 321 g/mol. The Labute approximate surface area is 114 Å². The number of nitrogens with zero attached hydrogens (tertiary/aromatic N) is 1. The molecule has 5 heteroatoms. The normalized spacial score (nSPS) is 11.9. The fourth-order valence-corrected chi connectivity index (χ4v) is 0.831. The smallest absolute Gasteiger partial charge is 0.188 e. The van der Waals surface area contributed by atoms with Gasteiger partial charge < -0.3 is 11.1 Å². The number of rotatable bonds is 5. The zero-order chi connectivity index (χ0) is 11.2. The number of nitrogens with two attached hydrogens (primary N) is 1. The maximum atomic E-state index is 5.67. The van der Waals surface area contributed by atoms with Gasteiger partial charge in [0.1, 0.15) is 0 Å². The lowest BCUT2D eigenvalue weighted by atomic mass is 10.2. The van der Waals surface area contributed by atoms with Crippen molar-refractivity contribution in [1.82, 2.24) is 5.32 Å². The van der Waals surface area contributed by atoms with Crippen molar-refractivity contribution < 1.29 is 0 Å². The Morgan fingerprint density at radius 1 is 1.53 bits per heavy atom. The van der Waals surface area contributed by atoms with E-state index in [1.807, 2.05) is 6.92 Å². The number of nitrogens with one attached hydrogen (secondary N) is 1. The molecule has 0 bridgehead atoms. The number of halogens is 1. The standard InChI is InChI=1S/C10H21N3S.HI/c1-8(2)6-12-9(11)13-7-10(3,4)14-5;/h1,6-7H2,2-5H3,(H3,11,12,13);1H. The number of thioether (sulfide) groups is 1. The number of hydrogen-bond donors (Lipinski definition) is 2. The molecule has 0 aromatic carbocycles. The molecule has 0 fully saturated rings. The molecule has 0 aliphatic heterocycles. The van der Waals surface area contributed by atoms with Gasteiger partial charge in [-0.3, -0.25) is 4.99 Å². The van der Waals surface area contributed by atoms with Gasteiger partial charge in [0.25, 0.3) is 0 Å². The molecule has 0 amide bonds. The summed E-state index contributed by atoms with van der Waals surface area (Å²) in [6.07, 6.45) is 2.08. The molecule has 3 N–H and O–H groups in total. The molecule has 15 heavy (non-hydrogen) atoms. The minimum atomic E-state index is 0. The van der Waals surface area contributed by atoms with Crippen molar-refractivity contribution in [2.24, 2.45) is 10.7 Å². The molecule has 90 valence electrons. The third-order valence-electron chi connectivity index (χ3n) is 1.75. The van der Waals surface area contributed by atoms with Crippen LogP contribution in [0.2, 0.25) is 0 Å². The Bertz CT molecular complexity index is 227. The number of guanidine groups is 1. The molecule has 0 aromatic rings. The minimum Gasteiger partial charge on any atom is -0.370 e. The third kappa shape index (κ3) is 10.4. The average Bonchev–Trinajstić information content (AvgIpc) is 2.11. The van der Waals surface area contributed by atoms with Crippen molar-refractivity contribution in [3.8, 4) is 0 Å². The predicted molar refractivity (Wildman–Crippen MR) is 82.3 cm³/mol. The summed E-state index contributed by atoms with van der Waals surface area (Å²) in [7, 11) is 0. The Morgan fingerprint density at radius 3 is 2.47 bits per heavy atom. The van der Waals surface area contributed by atoms with Crippen LogP contribution in [-0.4, -0.2) is 30.1 Å². The highest BCUT2D eigenvalue weighted by Gasteiger charge is 2.14. The van der Waals surface area contributed by atoms with Crippen molar-refractivity contribution in [3.63, 3.8) is 0 Å². The Morgan fingerprint density at radius 2 is 2.07 bits per heavy atom. The fourth-order valence-electron chi connectivity index (χ4n) is 0.637. The Kier molecular flexibility index (Phi) is 9.63. The molecule has 0 saturated heterocycles. The van der Waals surface area contributed by atoms with Crippen molar-refractivity contribution in [1.29, 1.82) is 0 Å². The van der Waals surface area contributed by atoms with E-state index in [0.717, 1.165) is 12.1 Å². The first-order valence-corrected chi connectivity index (χ1v) is 5.83. The quantitative estimate of drug-likeness (QED) is 0.348. The lowest BCUT2D eigenvalue weighted by Crippen LogP contribution is -2.34. The second kappa shape index (κ2) is 8.27. The summed E-state index contributed by atoms with van der Waals surface area (Å²) >= 11 is 1.79. The molecule has 0 atom stereocenters. The van der Waals surface area contributed by atoms with E-state index in [1.165, 1.54) is 0 Å². The topological polar surface area (TPSA) is 50.4 Å². The van der Waals surface area contributed by atoms with Gasteiger partial charge in [0.15, 0.2) is 5.96 Å². The van der Waals surface area contributed by atoms with Gasteiger partial charge in [0.2, 0.25) is 0 Å². The summed E-state index contributed by atoms with van der Waals surface area (Å²) < 4.78 is 0.148. The van der Waals surface area contributed by atoms with Gasteiger partial charge in [-0.1, -0.05) is 12.2 Å². The molecule has 0 heterocycles. The molecule has 0 rings (SSSR count). The summed E-state index contributed by atoms with van der Waals surface area (Å²) in [5, 5.41) is 3.00. The van der Waals surface area contributed by atoms with E-state index < -0.39 is 0 Å². The van der Waals surface area contributed by atoms with E-state index in [1.54, 1.807) is 11.8 Å². The van der Waals surface area contributed by atoms with Crippen molar-refractivity contribution in [3.05, 3.63) is 12.2 Å². The second-order valence-corrected chi connectivity index (χ2v) is 5.49. The highest BCUT2D eigenvalue weighted by molar-refractivity contribution is 14.0. The van der Waals surface area contributed by atoms with Crippen LogP contribution in [0.15, 0.2) is 17.1 Å². The third-order valence-corrected chi connectivity index (χ3v) is 2.99. The maximum absolute atomic E-state index is 5.67. The van der Waals surface area contributed by atoms with Gasteiger partial charge in [-0.15, -0.1) is 24.0 Å². The van der Waals surface area contributed by atoms with Gasteiger partial charge in [0, 0.05) is 11.3 Å². The molecule has 0 aliphatic rings. The molecule has 0 spiro atoms. The van der Waals surface area contributed by atoms with Gasteiger partial charge in [-0.2, -0.15) is 11.8 Å². The van der Waals surface area contributed by atoms with Crippen LogP contribution in [0, 0.1) is 0 Å². The summed E-state index contributed by atoms with van der Waals surface area (Å²) in [5.41, 5.74) is 6.72. The summed E-state index contributed by atoms with van der Waals surface area (Å²) in [6, 6.07) is 0. The first kappa shape index (κ1) is 17.5.